The van der Waals surface area contributed by atoms with Gasteiger partial charge in [-0.25, -0.2) is 0 Å². The predicted molar refractivity (Wildman–Crippen MR) is 121 cm³/mol. The summed E-state index contributed by atoms with van der Waals surface area (Å²) in [5.41, 5.74) is 0. The van der Waals surface area contributed by atoms with Crippen molar-refractivity contribution in [1.82, 2.24) is 0 Å². The van der Waals surface area contributed by atoms with Gasteiger partial charge in [0.05, 0.1) is 13.2 Å². The number of rotatable bonds is 21. The maximum Gasteiger partial charge on any atom is 0.161 e. The van der Waals surface area contributed by atoms with Crippen molar-refractivity contribution in [3.8, 4) is 0 Å². The second-order valence-electron chi connectivity index (χ2n) is 8.84. The summed E-state index contributed by atoms with van der Waals surface area (Å²) < 4.78 is 17.8. The summed E-state index contributed by atoms with van der Waals surface area (Å²) in [7, 11) is 0. The molecular formula is C25H50O4. The number of ether oxygens (including phenoxy) is 3. The van der Waals surface area contributed by atoms with Crippen molar-refractivity contribution in [2.45, 2.75) is 129 Å². The van der Waals surface area contributed by atoms with Gasteiger partial charge in [0.1, 0.15) is 6.10 Å². The van der Waals surface area contributed by atoms with E-state index in [1.807, 2.05) is 0 Å². The number of hydrogen-bond donors (Lipinski definition) is 1. The first-order valence-electron chi connectivity index (χ1n) is 12.8. The summed E-state index contributed by atoms with van der Waals surface area (Å²) in [6, 6.07) is 0. The fraction of sp³-hybridized carbons (Fsp3) is 1.00. The van der Waals surface area contributed by atoms with Crippen LogP contribution in [0.25, 0.3) is 0 Å². The molecule has 0 aliphatic carbocycles. The summed E-state index contributed by atoms with van der Waals surface area (Å²) in [6.07, 6.45) is 20.7. The van der Waals surface area contributed by atoms with E-state index in [9.17, 15) is 0 Å². The fourth-order valence-electron chi connectivity index (χ4n) is 4.19. The first kappa shape index (κ1) is 26.9. The molecule has 4 heteroatoms. The lowest BCUT2D eigenvalue weighted by Gasteiger charge is -2.22. The lowest BCUT2D eigenvalue weighted by atomic mass is 9.95. The molecule has 4 nitrogen and oxygen atoms in total. The average molecular weight is 415 g/mol. The molecule has 1 fully saturated rings. The van der Waals surface area contributed by atoms with Gasteiger partial charge in [-0.1, -0.05) is 90.9 Å². The Morgan fingerprint density at radius 3 is 2.07 bits per heavy atom. The molecule has 0 bridgehead atoms. The Bertz CT molecular complexity index is 337. The van der Waals surface area contributed by atoms with Gasteiger partial charge in [-0.3, -0.25) is 0 Å². The minimum Gasteiger partial charge on any atom is -0.396 e. The Morgan fingerprint density at radius 2 is 1.45 bits per heavy atom. The second-order valence-corrected chi connectivity index (χ2v) is 8.84. The minimum absolute atomic E-state index is 0.0379. The van der Waals surface area contributed by atoms with Crippen molar-refractivity contribution in [3.63, 3.8) is 0 Å². The van der Waals surface area contributed by atoms with Crippen LogP contribution in [0.4, 0.5) is 0 Å². The third-order valence-corrected chi connectivity index (χ3v) is 6.00. The lowest BCUT2D eigenvalue weighted by Crippen LogP contribution is -2.24. The van der Waals surface area contributed by atoms with Crippen LogP contribution in [0.3, 0.4) is 0 Å². The van der Waals surface area contributed by atoms with E-state index < -0.39 is 0 Å². The van der Waals surface area contributed by atoms with Crippen molar-refractivity contribution in [1.29, 1.82) is 0 Å². The van der Waals surface area contributed by atoms with E-state index in [1.54, 1.807) is 0 Å². The molecule has 1 heterocycles. The fourth-order valence-corrected chi connectivity index (χ4v) is 4.19. The predicted octanol–water partition coefficient (Wildman–Crippen LogP) is 6.63. The molecule has 174 valence electrons. The monoisotopic (exact) mass is 414 g/mol. The van der Waals surface area contributed by atoms with Gasteiger partial charge in [0, 0.05) is 19.1 Å². The standard InChI is InChI=1S/C25H50O4/c1-3-5-6-7-8-9-10-11-12-13-14-18-23(17-4-2)25-28-22-24(29-25)21-27-20-16-15-19-26/h23-26H,3-22H2,1-2H3. The van der Waals surface area contributed by atoms with E-state index in [2.05, 4.69) is 13.8 Å². The molecular weight excluding hydrogens is 364 g/mol. The molecule has 0 radical (unpaired) electrons. The van der Waals surface area contributed by atoms with Gasteiger partial charge < -0.3 is 19.3 Å². The van der Waals surface area contributed by atoms with Gasteiger partial charge in [-0.15, -0.1) is 0 Å². The van der Waals surface area contributed by atoms with Crippen LogP contribution in [-0.4, -0.2) is 43.9 Å². The number of aliphatic hydroxyl groups is 1. The Hall–Kier alpha value is -0.160. The molecule has 29 heavy (non-hydrogen) atoms. The number of hydrogen-bond acceptors (Lipinski definition) is 4. The molecule has 1 saturated heterocycles. The highest BCUT2D eigenvalue weighted by Crippen LogP contribution is 2.28. The van der Waals surface area contributed by atoms with Gasteiger partial charge in [0.2, 0.25) is 0 Å². The van der Waals surface area contributed by atoms with Crippen molar-refractivity contribution >= 4 is 0 Å². The maximum absolute atomic E-state index is 8.80. The lowest BCUT2D eigenvalue weighted by molar-refractivity contribution is -0.109. The van der Waals surface area contributed by atoms with Crippen molar-refractivity contribution in [2.24, 2.45) is 5.92 Å². The number of unbranched alkanes of at least 4 members (excludes halogenated alkanes) is 11. The highest BCUT2D eigenvalue weighted by atomic mass is 16.7. The molecule has 0 amide bonds. The zero-order chi connectivity index (χ0) is 21.0. The Balaban J connectivity index is 2.04. The van der Waals surface area contributed by atoms with Crippen LogP contribution in [0.5, 0.6) is 0 Å². The van der Waals surface area contributed by atoms with Crippen LogP contribution in [0.1, 0.15) is 117 Å². The smallest absolute Gasteiger partial charge is 0.161 e. The largest absolute Gasteiger partial charge is 0.396 e. The first-order chi connectivity index (χ1) is 14.3. The SMILES string of the molecule is CCCCCCCCCCCCCC(CCC)C1OCC(COCCCCO)O1. The Kier molecular flexibility index (Phi) is 18.3. The highest BCUT2D eigenvalue weighted by molar-refractivity contribution is 4.72. The zero-order valence-electron chi connectivity index (χ0n) is 19.5. The van der Waals surface area contributed by atoms with Crippen LogP contribution in [0, 0.1) is 5.92 Å². The zero-order valence-corrected chi connectivity index (χ0v) is 19.5. The Labute approximate surface area is 181 Å². The third-order valence-electron chi connectivity index (χ3n) is 6.00. The van der Waals surface area contributed by atoms with Gasteiger partial charge in [0.25, 0.3) is 0 Å². The van der Waals surface area contributed by atoms with E-state index in [4.69, 9.17) is 19.3 Å². The Morgan fingerprint density at radius 1 is 0.793 bits per heavy atom. The van der Waals surface area contributed by atoms with Crippen molar-refractivity contribution in [3.05, 3.63) is 0 Å². The molecule has 1 aliphatic rings. The molecule has 0 aromatic rings. The van der Waals surface area contributed by atoms with Crippen LogP contribution >= 0.6 is 0 Å². The quantitative estimate of drug-likeness (QED) is 0.214. The van der Waals surface area contributed by atoms with E-state index in [0.29, 0.717) is 25.7 Å². The number of aliphatic hydroxyl groups excluding tert-OH is 1. The maximum atomic E-state index is 8.80. The van der Waals surface area contributed by atoms with Crippen LogP contribution < -0.4 is 0 Å². The summed E-state index contributed by atoms with van der Waals surface area (Å²) >= 11 is 0. The first-order valence-corrected chi connectivity index (χ1v) is 12.8. The van der Waals surface area contributed by atoms with Crippen LogP contribution in [-0.2, 0) is 14.2 Å². The van der Waals surface area contributed by atoms with Crippen LogP contribution in [0.15, 0.2) is 0 Å². The summed E-state index contributed by atoms with van der Waals surface area (Å²) in [5.74, 6) is 0.526. The highest BCUT2D eigenvalue weighted by Gasteiger charge is 2.31. The summed E-state index contributed by atoms with van der Waals surface area (Å²) in [4.78, 5) is 0. The van der Waals surface area contributed by atoms with E-state index in [1.165, 1.54) is 89.9 Å². The minimum atomic E-state index is -0.0379. The van der Waals surface area contributed by atoms with Crippen LogP contribution in [0.2, 0.25) is 0 Å². The van der Waals surface area contributed by atoms with Gasteiger partial charge >= 0.3 is 0 Å². The molecule has 0 aromatic heterocycles. The third kappa shape index (κ3) is 14.5. The molecule has 1 rings (SSSR count). The molecule has 3 atom stereocenters. The molecule has 1 aliphatic heterocycles. The van der Waals surface area contributed by atoms with Crippen molar-refractivity contribution in [2.75, 3.05) is 26.4 Å². The van der Waals surface area contributed by atoms with E-state index in [0.717, 1.165) is 12.8 Å². The molecule has 0 spiro atoms. The van der Waals surface area contributed by atoms with E-state index in [-0.39, 0.29) is 19.0 Å². The average Bonchev–Trinajstić information content (AvgIpc) is 3.20. The topological polar surface area (TPSA) is 47.9 Å². The van der Waals surface area contributed by atoms with E-state index >= 15 is 0 Å². The van der Waals surface area contributed by atoms with Gasteiger partial charge in [-0.05, 0) is 25.7 Å². The van der Waals surface area contributed by atoms with Gasteiger partial charge in [-0.2, -0.15) is 0 Å². The second kappa shape index (κ2) is 19.8. The molecule has 1 N–H and O–H groups in total. The van der Waals surface area contributed by atoms with Crippen molar-refractivity contribution < 1.29 is 19.3 Å². The van der Waals surface area contributed by atoms with Gasteiger partial charge in [0.15, 0.2) is 6.29 Å². The molecule has 0 saturated carbocycles. The summed E-state index contributed by atoms with van der Waals surface area (Å²) in [5, 5.41) is 8.80. The molecule has 0 aromatic carbocycles. The molecule has 3 unspecified atom stereocenters. The normalized spacial score (nSPS) is 20.4. The summed E-state index contributed by atoms with van der Waals surface area (Å²) in [6.45, 7) is 6.74.